The van der Waals surface area contributed by atoms with Crippen molar-refractivity contribution in [3.05, 3.63) is 0 Å². The second-order valence-electron chi connectivity index (χ2n) is 7.27. The molecule has 1 heterocycles. The molecule has 0 spiro atoms. The van der Waals surface area contributed by atoms with E-state index in [1.54, 1.807) is 4.90 Å². The van der Waals surface area contributed by atoms with E-state index in [1.807, 2.05) is 20.8 Å². The lowest BCUT2D eigenvalue weighted by atomic mass is 9.89. The molecule has 0 aromatic rings. The normalized spacial score (nSPS) is 22.7. The van der Waals surface area contributed by atoms with Gasteiger partial charge in [-0.1, -0.05) is 26.7 Å². The van der Waals surface area contributed by atoms with Gasteiger partial charge in [0.15, 0.2) is 0 Å². The van der Waals surface area contributed by atoms with Gasteiger partial charge in [0.1, 0.15) is 5.60 Å². The number of rotatable bonds is 5. The summed E-state index contributed by atoms with van der Waals surface area (Å²) in [6.07, 6.45) is 4.30. The first-order chi connectivity index (χ1) is 9.23. The fraction of sp³-hybridized carbons (Fsp3) is 0.938. The summed E-state index contributed by atoms with van der Waals surface area (Å²) in [5.74, 6) is 1.09. The maximum atomic E-state index is 12.0. The lowest BCUT2D eigenvalue weighted by molar-refractivity contribution is 0.0286. The second-order valence-corrected chi connectivity index (χ2v) is 7.27. The van der Waals surface area contributed by atoms with E-state index in [2.05, 4.69) is 13.8 Å². The number of likely N-dealkylation sites (tertiary alicyclic amines) is 1. The summed E-state index contributed by atoms with van der Waals surface area (Å²) < 4.78 is 5.42. The van der Waals surface area contributed by atoms with E-state index in [9.17, 15) is 4.79 Å². The molecule has 1 fully saturated rings. The quantitative estimate of drug-likeness (QED) is 0.842. The third-order valence-corrected chi connectivity index (χ3v) is 3.94. The van der Waals surface area contributed by atoms with Crippen LogP contribution in [0.4, 0.5) is 4.79 Å². The SMILES string of the molecule is CCCC(C)CC(N)C1CCN(C(=O)OC(C)(C)C)C1. The summed E-state index contributed by atoms with van der Waals surface area (Å²) in [4.78, 5) is 13.8. The Hall–Kier alpha value is -0.770. The number of nitrogens with two attached hydrogens (primary N) is 1. The van der Waals surface area contributed by atoms with Gasteiger partial charge < -0.3 is 15.4 Å². The van der Waals surface area contributed by atoms with Crippen molar-refractivity contribution in [3.63, 3.8) is 0 Å². The Morgan fingerprint density at radius 1 is 1.45 bits per heavy atom. The van der Waals surface area contributed by atoms with E-state index in [1.165, 1.54) is 12.8 Å². The number of nitrogens with zero attached hydrogens (tertiary/aromatic N) is 1. The van der Waals surface area contributed by atoms with Crippen molar-refractivity contribution in [1.82, 2.24) is 4.90 Å². The van der Waals surface area contributed by atoms with Gasteiger partial charge in [-0.25, -0.2) is 4.79 Å². The van der Waals surface area contributed by atoms with E-state index < -0.39 is 5.60 Å². The van der Waals surface area contributed by atoms with Crippen LogP contribution in [-0.4, -0.2) is 35.7 Å². The van der Waals surface area contributed by atoms with E-state index in [0.29, 0.717) is 11.8 Å². The van der Waals surface area contributed by atoms with Gasteiger partial charge in [0, 0.05) is 19.1 Å². The molecule has 4 nitrogen and oxygen atoms in total. The summed E-state index contributed by atoms with van der Waals surface area (Å²) in [6, 6.07) is 0.198. The minimum absolute atomic E-state index is 0.198. The molecule has 4 heteroatoms. The Bertz CT molecular complexity index is 312. The lowest BCUT2D eigenvalue weighted by Gasteiger charge is -2.26. The standard InChI is InChI=1S/C16H32N2O2/c1-6-7-12(2)10-14(17)13-8-9-18(11-13)15(19)20-16(3,4)5/h12-14H,6-11,17H2,1-5H3. The molecular weight excluding hydrogens is 252 g/mol. The van der Waals surface area contributed by atoms with Crippen molar-refractivity contribution >= 4 is 6.09 Å². The fourth-order valence-electron chi connectivity index (χ4n) is 2.90. The molecule has 0 radical (unpaired) electrons. The predicted octanol–water partition coefficient (Wildman–Crippen LogP) is 3.40. The Labute approximate surface area is 124 Å². The highest BCUT2D eigenvalue weighted by Crippen LogP contribution is 2.25. The molecule has 1 aliphatic rings. The fourth-order valence-corrected chi connectivity index (χ4v) is 2.90. The number of amides is 1. The van der Waals surface area contributed by atoms with Crippen molar-refractivity contribution in [2.24, 2.45) is 17.6 Å². The molecule has 2 N–H and O–H groups in total. The Morgan fingerprint density at radius 2 is 2.10 bits per heavy atom. The van der Waals surface area contributed by atoms with E-state index in [0.717, 1.165) is 25.9 Å². The van der Waals surface area contributed by atoms with E-state index in [-0.39, 0.29) is 12.1 Å². The summed E-state index contributed by atoms with van der Waals surface area (Å²) in [7, 11) is 0. The molecule has 0 aromatic heterocycles. The Balaban J connectivity index is 2.40. The summed E-state index contributed by atoms with van der Waals surface area (Å²) in [6.45, 7) is 11.7. The maximum absolute atomic E-state index is 12.0. The number of carbonyl (C=O) groups is 1. The van der Waals surface area contributed by atoms with Gasteiger partial charge in [-0.3, -0.25) is 0 Å². The number of carbonyl (C=O) groups excluding carboxylic acids is 1. The van der Waals surface area contributed by atoms with E-state index >= 15 is 0 Å². The van der Waals surface area contributed by atoms with Crippen molar-refractivity contribution < 1.29 is 9.53 Å². The summed E-state index contributed by atoms with van der Waals surface area (Å²) in [5.41, 5.74) is 5.90. The van der Waals surface area contributed by atoms with Crippen LogP contribution >= 0.6 is 0 Å². The zero-order chi connectivity index (χ0) is 15.3. The molecule has 118 valence electrons. The molecule has 0 aliphatic carbocycles. The second kappa shape index (κ2) is 7.30. The Morgan fingerprint density at radius 3 is 2.65 bits per heavy atom. The predicted molar refractivity (Wildman–Crippen MR) is 82.6 cm³/mol. The van der Waals surface area contributed by atoms with Crippen LogP contribution < -0.4 is 5.73 Å². The molecule has 1 aliphatic heterocycles. The minimum atomic E-state index is -0.424. The monoisotopic (exact) mass is 284 g/mol. The van der Waals surface area contributed by atoms with Gasteiger partial charge in [-0.2, -0.15) is 0 Å². The number of hydrogen-bond donors (Lipinski definition) is 1. The first kappa shape index (κ1) is 17.3. The van der Waals surface area contributed by atoms with Crippen LogP contribution in [0.5, 0.6) is 0 Å². The average Bonchev–Trinajstić information content (AvgIpc) is 2.75. The van der Waals surface area contributed by atoms with Crippen LogP contribution in [-0.2, 0) is 4.74 Å². The van der Waals surface area contributed by atoms with Crippen LogP contribution in [0.1, 0.15) is 60.3 Å². The molecular formula is C16H32N2O2. The highest BCUT2D eigenvalue weighted by molar-refractivity contribution is 5.68. The third-order valence-electron chi connectivity index (χ3n) is 3.94. The topological polar surface area (TPSA) is 55.6 Å². The molecule has 1 saturated heterocycles. The first-order valence-electron chi connectivity index (χ1n) is 7.96. The molecule has 20 heavy (non-hydrogen) atoms. The smallest absolute Gasteiger partial charge is 0.410 e. The van der Waals surface area contributed by atoms with Crippen molar-refractivity contribution in [1.29, 1.82) is 0 Å². The molecule has 3 unspecified atom stereocenters. The third kappa shape index (κ3) is 5.70. The molecule has 0 aromatic carbocycles. The molecule has 1 amide bonds. The average molecular weight is 284 g/mol. The maximum Gasteiger partial charge on any atom is 0.410 e. The van der Waals surface area contributed by atoms with Crippen LogP contribution in [0, 0.1) is 11.8 Å². The minimum Gasteiger partial charge on any atom is -0.444 e. The molecule has 0 bridgehead atoms. The number of ether oxygens (including phenoxy) is 1. The summed E-state index contributed by atoms with van der Waals surface area (Å²) >= 11 is 0. The zero-order valence-corrected chi connectivity index (χ0v) is 13.8. The van der Waals surface area contributed by atoms with Gasteiger partial charge in [0.05, 0.1) is 0 Å². The Kier molecular flexibility index (Phi) is 6.31. The molecule has 1 rings (SSSR count). The summed E-state index contributed by atoms with van der Waals surface area (Å²) in [5, 5.41) is 0. The molecule has 3 atom stereocenters. The van der Waals surface area contributed by atoms with Gasteiger partial charge >= 0.3 is 6.09 Å². The van der Waals surface area contributed by atoms with E-state index in [4.69, 9.17) is 10.5 Å². The van der Waals surface area contributed by atoms with Crippen LogP contribution in [0.3, 0.4) is 0 Å². The largest absolute Gasteiger partial charge is 0.444 e. The van der Waals surface area contributed by atoms with Gasteiger partial charge in [0.25, 0.3) is 0 Å². The van der Waals surface area contributed by atoms with Gasteiger partial charge in [-0.05, 0) is 45.4 Å². The number of hydrogen-bond acceptors (Lipinski definition) is 3. The van der Waals surface area contributed by atoms with Gasteiger partial charge in [0.2, 0.25) is 0 Å². The highest BCUT2D eigenvalue weighted by atomic mass is 16.6. The molecule has 0 saturated carbocycles. The zero-order valence-electron chi connectivity index (χ0n) is 13.8. The van der Waals surface area contributed by atoms with Crippen LogP contribution in [0.15, 0.2) is 0 Å². The lowest BCUT2D eigenvalue weighted by Crippen LogP contribution is -2.38. The van der Waals surface area contributed by atoms with Crippen molar-refractivity contribution in [3.8, 4) is 0 Å². The van der Waals surface area contributed by atoms with Crippen molar-refractivity contribution in [2.75, 3.05) is 13.1 Å². The van der Waals surface area contributed by atoms with Crippen molar-refractivity contribution in [2.45, 2.75) is 71.9 Å². The van der Waals surface area contributed by atoms with Crippen LogP contribution in [0.2, 0.25) is 0 Å². The van der Waals surface area contributed by atoms with Crippen LogP contribution in [0.25, 0.3) is 0 Å². The van der Waals surface area contributed by atoms with Gasteiger partial charge in [-0.15, -0.1) is 0 Å². The highest BCUT2D eigenvalue weighted by Gasteiger charge is 2.32. The first-order valence-corrected chi connectivity index (χ1v) is 7.96.